The van der Waals surface area contributed by atoms with Crippen LogP contribution in [0.25, 0.3) is 0 Å². The number of alkyl halides is 1. The van der Waals surface area contributed by atoms with Crippen molar-refractivity contribution in [3.05, 3.63) is 11.6 Å². The van der Waals surface area contributed by atoms with E-state index in [1.54, 1.807) is 0 Å². The Kier molecular flexibility index (Phi) is 3.15. The highest BCUT2D eigenvalue weighted by Crippen LogP contribution is 2.64. The smallest absolute Gasteiger partial charge is 0.159 e. The molecule has 2 nitrogen and oxygen atoms in total. The molecule has 3 heteroatoms. The average Bonchev–Trinajstić information content (AvgIpc) is 2.71. The summed E-state index contributed by atoms with van der Waals surface area (Å²) in [5, 5.41) is 10.3. The quantitative estimate of drug-likeness (QED) is 0.738. The number of hydrogen-bond donors (Lipinski definition) is 1. The van der Waals surface area contributed by atoms with Gasteiger partial charge in [0.25, 0.3) is 0 Å². The molecule has 7 atom stereocenters. The second-order valence-corrected chi connectivity index (χ2v) is 8.68. The number of allylic oxidation sites excluding steroid dienone is 2. The van der Waals surface area contributed by atoms with Gasteiger partial charge in [0, 0.05) is 5.92 Å². The van der Waals surface area contributed by atoms with E-state index >= 15 is 0 Å². The van der Waals surface area contributed by atoms with Crippen molar-refractivity contribution in [3.63, 3.8) is 0 Å². The fourth-order valence-corrected chi connectivity index (χ4v) is 6.38. The maximum absolute atomic E-state index is 14.2. The lowest BCUT2D eigenvalue weighted by molar-refractivity contribution is -0.135. The van der Waals surface area contributed by atoms with E-state index in [-0.39, 0.29) is 23.0 Å². The van der Waals surface area contributed by atoms with E-state index in [9.17, 15) is 14.3 Å². The highest BCUT2D eigenvalue weighted by molar-refractivity contribution is 5.94. The molecule has 22 heavy (non-hydrogen) atoms. The summed E-state index contributed by atoms with van der Waals surface area (Å²) in [6, 6.07) is 0. The molecule has 0 saturated heterocycles. The summed E-state index contributed by atoms with van der Waals surface area (Å²) in [5.41, 5.74) is 1.08. The Morgan fingerprint density at radius 3 is 2.77 bits per heavy atom. The predicted molar refractivity (Wildman–Crippen MR) is 83.0 cm³/mol. The van der Waals surface area contributed by atoms with Crippen LogP contribution in [0.15, 0.2) is 11.6 Å². The van der Waals surface area contributed by atoms with Gasteiger partial charge >= 0.3 is 0 Å². The molecule has 1 N–H and O–H groups in total. The molecule has 0 heterocycles. The molecule has 0 aromatic rings. The summed E-state index contributed by atoms with van der Waals surface area (Å²) in [6.07, 6.45) is 6.69. The zero-order valence-corrected chi connectivity index (χ0v) is 13.6. The number of aliphatic hydroxyl groups excluding tert-OH is 1. The molecule has 3 fully saturated rings. The molecule has 0 aromatic carbocycles. The lowest BCUT2D eigenvalue weighted by Gasteiger charge is -2.56. The van der Waals surface area contributed by atoms with Crippen LogP contribution >= 0.6 is 0 Å². The summed E-state index contributed by atoms with van der Waals surface area (Å²) in [5.74, 6) is 0.522. The van der Waals surface area contributed by atoms with Crippen LogP contribution in [0.5, 0.6) is 0 Å². The van der Waals surface area contributed by atoms with E-state index in [2.05, 4.69) is 6.92 Å². The number of carbonyl (C=O) groups excluding carboxylic acids is 1. The van der Waals surface area contributed by atoms with Crippen LogP contribution < -0.4 is 0 Å². The summed E-state index contributed by atoms with van der Waals surface area (Å²) < 4.78 is 14.2. The van der Waals surface area contributed by atoms with Crippen molar-refractivity contribution in [2.45, 2.75) is 71.1 Å². The van der Waals surface area contributed by atoms with E-state index in [1.165, 1.54) is 24.8 Å². The Labute approximate surface area is 132 Å². The first-order valence-electron chi connectivity index (χ1n) is 8.95. The van der Waals surface area contributed by atoms with E-state index in [0.717, 1.165) is 19.3 Å². The lowest BCUT2D eigenvalue weighted by atomic mass is 9.48. The van der Waals surface area contributed by atoms with Gasteiger partial charge in [0.1, 0.15) is 6.17 Å². The van der Waals surface area contributed by atoms with E-state index in [0.29, 0.717) is 12.3 Å². The van der Waals surface area contributed by atoms with Crippen LogP contribution in [0, 0.1) is 28.6 Å². The molecular weight excluding hydrogens is 279 g/mol. The zero-order chi connectivity index (χ0) is 15.7. The first kappa shape index (κ1) is 14.9. The maximum atomic E-state index is 14.2. The average molecular weight is 306 g/mol. The van der Waals surface area contributed by atoms with Crippen LogP contribution in [0.3, 0.4) is 0 Å². The highest BCUT2D eigenvalue weighted by Gasteiger charge is 2.62. The van der Waals surface area contributed by atoms with Crippen molar-refractivity contribution in [1.82, 2.24) is 0 Å². The van der Waals surface area contributed by atoms with E-state index in [4.69, 9.17) is 0 Å². The van der Waals surface area contributed by atoms with Gasteiger partial charge in [-0.25, -0.2) is 4.39 Å². The van der Waals surface area contributed by atoms with Crippen molar-refractivity contribution in [2.75, 3.05) is 0 Å². The molecule has 0 aliphatic heterocycles. The summed E-state index contributed by atoms with van der Waals surface area (Å²) in [7, 11) is 0. The third-order valence-corrected chi connectivity index (χ3v) is 7.79. The van der Waals surface area contributed by atoms with Crippen LogP contribution in [0.1, 0.15) is 58.8 Å². The highest BCUT2D eigenvalue weighted by atomic mass is 19.1. The van der Waals surface area contributed by atoms with Gasteiger partial charge in [0.05, 0.1) is 6.10 Å². The van der Waals surface area contributed by atoms with E-state index in [1.807, 2.05) is 13.0 Å². The zero-order valence-electron chi connectivity index (χ0n) is 13.6. The molecule has 0 aromatic heterocycles. The van der Waals surface area contributed by atoms with Crippen molar-refractivity contribution >= 4 is 5.78 Å². The Morgan fingerprint density at radius 2 is 2.00 bits per heavy atom. The number of halogens is 1. The molecule has 4 aliphatic rings. The molecule has 122 valence electrons. The van der Waals surface area contributed by atoms with Gasteiger partial charge in [-0.1, -0.05) is 25.8 Å². The topological polar surface area (TPSA) is 37.3 Å². The fraction of sp³-hybridized carbons (Fsp3) is 0.842. The second kappa shape index (κ2) is 4.66. The largest absolute Gasteiger partial charge is 0.390 e. The van der Waals surface area contributed by atoms with Crippen molar-refractivity contribution in [1.29, 1.82) is 0 Å². The predicted octanol–water partition coefficient (Wildman–Crippen LogP) is 3.83. The molecule has 4 rings (SSSR count). The Bertz CT molecular complexity index is 542. The van der Waals surface area contributed by atoms with Crippen molar-refractivity contribution in [3.8, 4) is 0 Å². The molecule has 3 saturated carbocycles. The number of carbonyl (C=O) groups is 1. The van der Waals surface area contributed by atoms with Gasteiger partial charge in [-0.05, 0) is 67.3 Å². The lowest BCUT2D eigenvalue weighted by Crippen LogP contribution is -2.53. The van der Waals surface area contributed by atoms with Crippen LogP contribution in [-0.2, 0) is 4.79 Å². The third-order valence-electron chi connectivity index (χ3n) is 7.79. The van der Waals surface area contributed by atoms with Gasteiger partial charge in [-0.2, -0.15) is 0 Å². The maximum Gasteiger partial charge on any atom is 0.159 e. The number of fused-ring (bicyclic) bond motifs is 5. The Hall–Kier alpha value is -0.700. The van der Waals surface area contributed by atoms with Crippen LogP contribution in [0.4, 0.5) is 4.39 Å². The van der Waals surface area contributed by atoms with Gasteiger partial charge in [0.2, 0.25) is 0 Å². The van der Waals surface area contributed by atoms with Gasteiger partial charge < -0.3 is 5.11 Å². The Morgan fingerprint density at radius 1 is 1.23 bits per heavy atom. The normalized spacial score (nSPS) is 54.3. The number of aliphatic hydroxyl groups is 1. The molecule has 0 bridgehead atoms. The van der Waals surface area contributed by atoms with E-state index < -0.39 is 17.7 Å². The summed E-state index contributed by atoms with van der Waals surface area (Å²) in [6.45, 7) is 4.34. The fourth-order valence-electron chi connectivity index (χ4n) is 6.38. The minimum Gasteiger partial charge on any atom is -0.390 e. The molecule has 4 aliphatic carbocycles. The minimum absolute atomic E-state index is 0.0142. The first-order chi connectivity index (χ1) is 10.4. The molecule has 0 amide bonds. The summed E-state index contributed by atoms with van der Waals surface area (Å²) in [4.78, 5) is 12.8. The molecule has 0 radical (unpaired) electrons. The van der Waals surface area contributed by atoms with Crippen molar-refractivity contribution < 1.29 is 14.3 Å². The Balaban J connectivity index is 1.77. The standard InChI is InChI=1S/C19H27FO2/c1-18-7-4-3-5-11(18)9-15(21)16-12(18)6-8-19(2)13(16)10-14(20)17(19)22/h9,12-14,16-17,22H,3-8,10H2,1-2H3/t12-,13+,14?,16-,17?,18+,19+/m1/s1. The van der Waals surface area contributed by atoms with Gasteiger partial charge in [-0.15, -0.1) is 0 Å². The second-order valence-electron chi connectivity index (χ2n) is 8.68. The molecule has 0 spiro atoms. The summed E-state index contributed by atoms with van der Waals surface area (Å²) >= 11 is 0. The minimum atomic E-state index is -1.16. The molecular formula is C19H27FO2. The van der Waals surface area contributed by atoms with Gasteiger partial charge in [-0.3, -0.25) is 4.79 Å². The third kappa shape index (κ3) is 1.72. The number of hydrogen-bond acceptors (Lipinski definition) is 2. The van der Waals surface area contributed by atoms with Crippen LogP contribution in [-0.4, -0.2) is 23.2 Å². The monoisotopic (exact) mass is 306 g/mol. The number of rotatable bonds is 0. The first-order valence-corrected chi connectivity index (χ1v) is 8.95. The van der Waals surface area contributed by atoms with Gasteiger partial charge in [0.15, 0.2) is 5.78 Å². The van der Waals surface area contributed by atoms with Crippen LogP contribution in [0.2, 0.25) is 0 Å². The molecule has 2 unspecified atom stereocenters. The number of ketones is 1. The SMILES string of the molecule is C[C@]12CCCCC1=CC(=O)[C@@H]1[C@H]2CC[C@]2(C)C(O)C(F)C[C@@H]12. The van der Waals surface area contributed by atoms with Crippen molar-refractivity contribution in [2.24, 2.45) is 28.6 Å².